The molecule has 0 aromatic carbocycles. The van der Waals surface area contributed by atoms with Crippen molar-refractivity contribution >= 4 is 7.85 Å². The number of hydrogen-bond acceptors (Lipinski definition) is 2. The molecule has 0 aliphatic carbocycles. The molecule has 0 aromatic rings. The number of rotatable bonds is 6. The van der Waals surface area contributed by atoms with Gasteiger partial charge in [0.15, 0.2) is 0 Å². The Bertz CT molecular complexity index is 90.5. The Morgan fingerprint density at radius 3 is 2.64 bits per heavy atom. The SMILES string of the molecule is [B]CC(C)NCC(CO)CF. The number of aliphatic hydroxyl groups excluding tert-OH is 1. The van der Waals surface area contributed by atoms with Crippen LogP contribution < -0.4 is 5.32 Å². The monoisotopic (exact) mass is 159 g/mol. The second-order valence-corrected chi connectivity index (χ2v) is 2.75. The molecule has 0 aromatic heterocycles. The first-order chi connectivity index (χ1) is 5.24. The summed E-state index contributed by atoms with van der Waals surface area (Å²) in [6.45, 7) is 1.82. The van der Waals surface area contributed by atoms with E-state index in [0.29, 0.717) is 12.9 Å². The zero-order chi connectivity index (χ0) is 8.69. The lowest BCUT2D eigenvalue weighted by Crippen LogP contribution is -2.33. The molecule has 2 atom stereocenters. The van der Waals surface area contributed by atoms with E-state index in [1.165, 1.54) is 0 Å². The van der Waals surface area contributed by atoms with Crippen LogP contribution in [0.1, 0.15) is 6.92 Å². The van der Waals surface area contributed by atoms with Crippen molar-refractivity contribution in [3.05, 3.63) is 0 Å². The first kappa shape index (κ1) is 10.9. The Kier molecular flexibility index (Phi) is 6.56. The van der Waals surface area contributed by atoms with Crippen molar-refractivity contribution in [2.75, 3.05) is 19.8 Å². The standard InChI is InChI=1S/C7H15BFNO/c1-6(2-8)10-4-7(3-9)5-11/h6-7,10-11H,2-5H2,1H3. The van der Waals surface area contributed by atoms with Gasteiger partial charge in [-0.25, -0.2) is 0 Å². The number of halogens is 1. The molecule has 0 spiro atoms. The van der Waals surface area contributed by atoms with Gasteiger partial charge < -0.3 is 10.4 Å². The van der Waals surface area contributed by atoms with Crippen molar-refractivity contribution in [3.63, 3.8) is 0 Å². The number of alkyl halides is 1. The van der Waals surface area contributed by atoms with Crippen molar-refractivity contribution in [1.29, 1.82) is 0 Å². The average molecular weight is 159 g/mol. The van der Waals surface area contributed by atoms with Crippen LogP contribution in [0.3, 0.4) is 0 Å². The van der Waals surface area contributed by atoms with Gasteiger partial charge in [0, 0.05) is 19.1 Å². The maximum atomic E-state index is 12.0. The van der Waals surface area contributed by atoms with Crippen LogP contribution in [0.15, 0.2) is 0 Å². The van der Waals surface area contributed by atoms with Crippen molar-refractivity contribution in [2.24, 2.45) is 5.92 Å². The van der Waals surface area contributed by atoms with E-state index < -0.39 is 6.67 Å². The van der Waals surface area contributed by atoms with Gasteiger partial charge in [-0.3, -0.25) is 4.39 Å². The average Bonchev–Trinajstić information content (AvgIpc) is 2.06. The molecular weight excluding hydrogens is 144 g/mol. The van der Waals surface area contributed by atoms with Crippen LogP contribution in [0.5, 0.6) is 0 Å². The summed E-state index contributed by atoms with van der Waals surface area (Å²) in [5.41, 5.74) is 0. The molecule has 2 N–H and O–H groups in total. The van der Waals surface area contributed by atoms with E-state index >= 15 is 0 Å². The number of hydrogen-bond donors (Lipinski definition) is 2. The normalized spacial score (nSPS) is 16.3. The van der Waals surface area contributed by atoms with Crippen molar-refractivity contribution in [2.45, 2.75) is 19.3 Å². The largest absolute Gasteiger partial charge is 0.396 e. The zero-order valence-corrected chi connectivity index (χ0v) is 6.89. The van der Waals surface area contributed by atoms with Gasteiger partial charge in [0.2, 0.25) is 0 Å². The highest BCUT2D eigenvalue weighted by Gasteiger charge is 2.07. The van der Waals surface area contributed by atoms with Gasteiger partial charge in [-0.15, -0.1) is 0 Å². The third-order valence-electron chi connectivity index (χ3n) is 1.58. The first-order valence-corrected chi connectivity index (χ1v) is 3.84. The summed E-state index contributed by atoms with van der Waals surface area (Å²) in [6.07, 6.45) is 0.532. The van der Waals surface area contributed by atoms with Crippen molar-refractivity contribution in [3.8, 4) is 0 Å². The lowest BCUT2D eigenvalue weighted by atomic mass is 9.98. The molecule has 0 fully saturated rings. The minimum Gasteiger partial charge on any atom is -0.396 e. The van der Waals surface area contributed by atoms with E-state index in [2.05, 4.69) is 5.32 Å². The van der Waals surface area contributed by atoms with Gasteiger partial charge in [0.25, 0.3) is 0 Å². The smallest absolute Gasteiger partial charge is 0.0956 e. The molecule has 0 aliphatic rings. The minimum absolute atomic E-state index is 0.110. The van der Waals surface area contributed by atoms with E-state index in [0.717, 1.165) is 0 Å². The second kappa shape index (κ2) is 6.61. The lowest BCUT2D eigenvalue weighted by molar-refractivity contribution is 0.192. The summed E-state index contributed by atoms with van der Waals surface area (Å²) >= 11 is 0. The number of nitrogens with one attached hydrogen (secondary N) is 1. The van der Waals surface area contributed by atoms with E-state index in [9.17, 15) is 4.39 Å². The Labute approximate surface area is 68.6 Å². The predicted octanol–water partition coefficient (Wildman–Crippen LogP) is 0.129. The zero-order valence-electron chi connectivity index (χ0n) is 6.89. The minimum atomic E-state index is -0.485. The molecule has 2 nitrogen and oxygen atoms in total. The summed E-state index contributed by atoms with van der Waals surface area (Å²) in [5, 5.41) is 11.6. The molecule has 4 heteroatoms. The quantitative estimate of drug-likeness (QED) is 0.540. The van der Waals surface area contributed by atoms with E-state index in [4.69, 9.17) is 13.0 Å². The maximum absolute atomic E-state index is 12.0. The van der Waals surface area contributed by atoms with E-state index in [1.54, 1.807) is 0 Å². The van der Waals surface area contributed by atoms with Crippen LogP contribution in [0.25, 0.3) is 0 Å². The van der Waals surface area contributed by atoms with Crippen molar-refractivity contribution < 1.29 is 9.50 Å². The second-order valence-electron chi connectivity index (χ2n) is 2.75. The maximum Gasteiger partial charge on any atom is 0.0956 e. The molecular formula is C7H15BFNO. The van der Waals surface area contributed by atoms with Crippen LogP contribution in [0, 0.1) is 5.92 Å². The molecule has 0 saturated carbocycles. The fraction of sp³-hybridized carbons (Fsp3) is 1.00. The highest BCUT2D eigenvalue weighted by Crippen LogP contribution is 1.95. The summed E-state index contributed by atoms with van der Waals surface area (Å²) < 4.78 is 12.0. The van der Waals surface area contributed by atoms with Crippen LogP contribution in [0.4, 0.5) is 4.39 Å². The van der Waals surface area contributed by atoms with Gasteiger partial charge in [-0.05, 0) is 6.04 Å². The Balaban J connectivity index is 3.34. The van der Waals surface area contributed by atoms with Crippen LogP contribution in [-0.2, 0) is 0 Å². The molecule has 64 valence electrons. The fourth-order valence-corrected chi connectivity index (χ4v) is 0.619. The van der Waals surface area contributed by atoms with Gasteiger partial charge in [-0.2, -0.15) is 0 Å². The highest BCUT2D eigenvalue weighted by atomic mass is 19.1. The fourth-order valence-electron chi connectivity index (χ4n) is 0.619. The molecule has 2 unspecified atom stereocenters. The molecule has 0 saturated heterocycles. The summed E-state index contributed by atoms with van der Waals surface area (Å²) in [5.74, 6) is -0.288. The summed E-state index contributed by atoms with van der Waals surface area (Å²) in [7, 11) is 5.32. The van der Waals surface area contributed by atoms with E-state index in [1.807, 2.05) is 6.92 Å². The van der Waals surface area contributed by atoms with Gasteiger partial charge in [-0.1, -0.05) is 13.2 Å². The third-order valence-corrected chi connectivity index (χ3v) is 1.58. The predicted molar refractivity (Wildman–Crippen MR) is 44.6 cm³/mol. The Morgan fingerprint density at radius 1 is 1.64 bits per heavy atom. The highest BCUT2D eigenvalue weighted by molar-refractivity contribution is 6.08. The number of aliphatic hydroxyl groups is 1. The lowest BCUT2D eigenvalue weighted by Gasteiger charge is -2.15. The molecule has 0 rings (SSSR count). The molecule has 2 radical (unpaired) electrons. The van der Waals surface area contributed by atoms with Gasteiger partial charge >= 0.3 is 0 Å². The topological polar surface area (TPSA) is 32.3 Å². The first-order valence-electron chi connectivity index (χ1n) is 3.84. The van der Waals surface area contributed by atoms with Crippen LogP contribution in [0.2, 0.25) is 6.32 Å². The van der Waals surface area contributed by atoms with Crippen LogP contribution >= 0.6 is 0 Å². The molecule has 0 heterocycles. The van der Waals surface area contributed by atoms with Gasteiger partial charge in [0.05, 0.1) is 14.5 Å². The molecule has 0 aliphatic heterocycles. The Morgan fingerprint density at radius 2 is 2.27 bits per heavy atom. The van der Waals surface area contributed by atoms with Crippen molar-refractivity contribution in [1.82, 2.24) is 5.32 Å². The van der Waals surface area contributed by atoms with Crippen LogP contribution in [-0.4, -0.2) is 38.8 Å². The third kappa shape index (κ3) is 5.21. The molecule has 11 heavy (non-hydrogen) atoms. The molecule has 0 bridgehead atoms. The Hall–Kier alpha value is -0.0851. The van der Waals surface area contributed by atoms with Gasteiger partial charge in [0.1, 0.15) is 0 Å². The molecule has 0 amide bonds. The summed E-state index contributed by atoms with van der Waals surface area (Å²) in [6, 6.07) is 0.190. The van der Waals surface area contributed by atoms with E-state index in [-0.39, 0.29) is 18.6 Å². The summed E-state index contributed by atoms with van der Waals surface area (Å²) in [4.78, 5) is 0.